The molecule has 2 aromatic carbocycles. The second kappa shape index (κ2) is 11.3. The summed E-state index contributed by atoms with van der Waals surface area (Å²) in [6.45, 7) is 7.70. The number of rotatable bonds is 10. The van der Waals surface area contributed by atoms with E-state index in [1.54, 1.807) is 12.1 Å². The van der Waals surface area contributed by atoms with Gasteiger partial charge in [0.25, 0.3) is 0 Å². The molecular formula is C25H35N3O4S. The maximum atomic E-state index is 13.5. The number of sulfonamides is 1. The Balaban J connectivity index is 2.43. The fourth-order valence-corrected chi connectivity index (χ4v) is 4.55. The number of likely N-dealkylation sites (N-methyl/N-ethyl adjacent to an activating group) is 1. The molecule has 1 unspecified atom stereocenters. The molecule has 1 N–H and O–H groups in total. The van der Waals surface area contributed by atoms with Crippen LogP contribution in [0.4, 0.5) is 5.69 Å². The number of nitrogens with zero attached hydrogens (tertiary/aromatic N) is 2. The Morgan fingerprint density at radius 2 is 1.64 bits per heavy atom. The summed E-state index contributed by atoms with van der Waals surface area (Å²) in [5.41, 5.74) is 3.39. The SMILES string of the molecule is CCC(C(=O)NC)N(Cc1ccccc1C)C(=O)CN(c1ccc(C(C)C)cc1)S(C)(=O)=O. The first kappa shape index (κ1) is 26.4. The summed E-state index contributed by atoms with van der Waals surface area (Å²) in [6, 6.07) is 14.1. The van der Waals surface area contributed by atoms with Gasteiger partial charge in [-0.25, -0.2) is 8.42 Å². The average molecular weight is 474 g/mol. The van der Waals surface area contributed by atoms with Crippen molar-refractivity contribution < 1.29 is 18.0 Å². The predicted molar refractivity (Wildman–Crippen MR) is 133 cm³/mol. The normalized spacial score (nSPS) is 12.3. The Labute approximate surface area is 197 Å². The van der Waals surface area contributed by atoms with Gasteiger partial charge in [-0.15, -0.1) is 0 Å². The van der Waals surface area contributed by atoms with E-state index in [0.717, 1.165) is 27.3 Å². The molecule has 2 aromatic rings. The first-order chi connectivity index (χ1) is 15.5. The third kappa shape index (κ3) is 6.81. The molecule has 0 aliphatic carbocycles. The quantitative estimate of drug-likeness (QED) is 0.573. The van der Waals surface area contributed by atoms with E-state index in [4.69, 9.17) is 0 Å². The van der Waals surface area contributed by atoms with Crippen LogP contribution >= 0.6 is 0 Å². The third-order valence-electron chi connectivity index (χ3n) is 5.76. The van der Waals surface area contributed by atoms with Crippen LogP contribution in [-0.2, 0) is 26.2 Å². The van der Waals surface area contributed by atoms with Gasteiger partial charge in [0.1, 0.15) is 12.6 Å². The first-order valence-corrected chi connectivity index (χ1v) is 13.0. The molecule has 180 valence electrons. The van der Waals surface area contributed by atoms with E-state index in [-0.39, 0.29) is 19.0 Å². The van der Waals surface area contributed by atoms with Crippen LogP contribution in [0.3, 0.4) is 0 Å². The molecule has 2 amide bonds. The van der Waals surface area contributed by atoms with E-state index in [2.05, 4.69) is 19.2 Å². The van der Waals surface area contributed by atoms with Crippen LogP contribution in [0.15, 0.2) is 48.5 Å². The van der Waals surface area contributed by atoms with Crippen molar-refractivity contribution in [1.82, 2.24) is 10.2 Å². The van der Waals surface area contributed by atoms with Gasteiger partial charge in [-0.05, 0) is 48.1 Å². The summed E-state index contributed by atoms with van der Waals surface area (Å²) in [5.74, 6) is -0.423. The highest BCUT2D eigenvalue weighted by Crippen LogP contribution is 2.23. The second-order valence-electron chi connectivity index (χ2n) is 8.50. The van der Waals surface area contributed by atoms with Crippen LogP contribution in [0, 0.1) is 6.92 Å². The van der Waals surface area contributed by atoms with Crippen molar-refractivity contribution >= 4 is 27.5 Å². The van der Waals surface area contributed by atoms with Crippen molar-refractivity contribution in [2.75, 3.05) is 24.2 Å². The lowest BCUT2D eigenvalue weighted by atomic mass is 10.0. The largest absolute Gasteiger partial charge is 0.357 e. The fourth-order valence-electron chi connectivity index (χ4n) is 3.70. The molecule has 0 heterocycles. The van der Waals surface area contributed by atoms with Gasteiger partial charge in [-0.3, -0.25) is 13.9 Å². The van der Waals surface area contributed by atoms with Gasteiger partial charge < -0.3 is 10.2 Å². The second-order valence-corrected chi connectivity index (χ2v) is 10.4. The van der Waals surface area contributed by atoms with Gasteiger partial charge in [-0.1, -0.05) is 57.2 Å². The predicted octanol–water partition coefficient (Wildman–Crippen LogP) is 3.44. The Hall–Kier alpha value is -2.87. The molecule has 0 aromatic heterocycles. The minimum atomic E-state index is -3.73. The highest BCUT2D eigenvalue weighted by Gasteiger charge is 2.31. The number of amides is 2. The Kier molecular flexibility index (Phi) is 9.05. The topological polar surface area (TPSA) is 86.8 Å². The van der Waals surface area contributed by atoms with Crippen molar-refractivity contribution in [3.05, 3.63) is 65.2 Å². The highest BCUT2D eigenvalue weighted by molar-refractivity contribution is 7.92. The molecule has 0 saturated heterocycles. The number of carbonyl (C=O) groups excluding carboxylic acids is 2. The lowest BCUT2D eigenvalue weighted by Crippen LogP contribution is -2.51. The van der Waals surface area contributed by atoms with Crippen molar-refractivity contribution in [2.24, 2.45) is 0 Å². The van der Waals surface area contributed by atoms with Crippen LogP contribution in [-0.4, -0.2) is 51.0 Å². The smallest absolute Gasteiger partial charge is 0.244 e. The van der Waals surface area contributed by atoms with Crippen LogP contribution in [0.5, 0.6) is 0 Å². The van der Waals surface area contributed by atoms with E-state index < -0.39 is 22.0 Å². The van der Waals surface area contributed by atoms with Crippen LogP contribution in [0.25, 0.3) is 0 Å². The minimum absolute atomic E-state index is 0.210. The number of hydrogen-bond acceptors (Lipinski definition) is 4. The number of anilines is 1. The summed E-state index contributed by atoms with van der Waals surface area (Å²) in [6.07, 6.45) is 1.48. The molecule has 33 heavy (non-hydrogen) atoms. The molecule has 2 rings (SSSR count). The van der Waals surface area contributed by atoms with Crippen LogP contribution in [0.2, 0.25) is 0 Å². The molecule has 0 radical (unpaired) electrons. The van der Waals surface area contributed by atoms with Gasteiger partial charge in [0, 0.05) is 13.6 Å². The van der Waals surface area contributed by atoms with E-state index in [1.165, 1.54) is 11.9 Å². The van der Waals surface area contributed by atoms with E-state index in [0.29, 0.717) is 18.0 Å². The summed E-state index contributed by atoms with van der Waals surface area (Å²) in [7, 11) is -2.21. The zero-order valence-corrected chi connectivity index (χ0v) is 21.1. The Bertz CT molecular complexity index is 1070. The molecule has 0 aliphatic heterocycles. The van der Waals surface area contributed by atoms with E-state index in [9.17, 15) is 18.0 Å². The van der Waals surface area contributed by atoms with Crippen molar-refractivity contribution in [3.63, 3.8) is 0 Å². The van der Waals surface area contributed by atoms with Gasteiger partial charge >= 0.3 is 0 Å². The number of aryl methyl sites for hydroxylation is 1. The van der Waals surface area contributed by atoms with Crippen LogP contribution < -0.4 is 9.62 Å². The number of benzene rings is 2. The van der Waals surface area contributed by atoms with Crippen LogP contribution in [0.1, 0.15) is 49.8 Å². The lowest BCUT2D eigenvalue weighted by molar-refractivity contribution is -0.140. The molecule has 8 heteroatoms. The van der Waals surface area contributed by atoms with Crippen molar-refractivity contribution in [2.45, 2.75) is 52.6 Å². The standard InChI is InChI=1S/C25H35N3O4S/c1-7-23(25(30)26-5)27(16-21-11-9-8-10-19(21)4)24(29)17-28(33(6,31)32)22-14-12-20(13-15-22)18(2)3/h8-15,18,23H,7,16-17H2,1-6H3,(H,26,30). The summed E-state index contributed by atoms with van der Waals surface area (Å²) in [4.78, 5) is 27.6. The zero-order chi connectivity index (χ0) is 24.8. The van der Waals surface area contributed by atoms with Crippen molar-refractivity contribution in [1.29, 1.82) is 0 Å². The van der Waals surface area contributed by atoms with Gasteiger partial charge in [-0.2, -0.15) is 0 Å². The monoisotopic (exact) mass is 473 g/mol. The zero-order valence-electron chi connectivity index (χ0n) is 20.3. The fraction of sp³-hybridized carbons (Fsp3) is 0.440. The van der Waals surface area contributed by atoms with E-state index >= 15 is 0 Å². The van der Waals surface area contributed by atoms with Crippen molar-refractivity contribution in [3.8, 4) is 0 Å². The third-order valence-corrected chi connectivity index (χ3v) is 6.90. The van der Waals surface area contributed by atoms with Gasteiger partial charge in [0.2, 0.25) is 21.8 Å². The number of hydrogen-bond donors (Lipinski definition) is 1. The van der Waals surface area contributed by atoms with Gasteiger partial charge in [0.05, 0.1) is 11.9 Å². The molecule has 0 aliphatic rings. The molecule has 1 atom stereocenters. The maximum Gasteiger partial charge on any atom is 0.244 e. The highest BCUT2D eigenvalue weighted by atomic mass is 32.2. The van der Waals surface area contributed by atoms with Gasteiger partial charge in [0.15, 0.2) is 0 Å². The molecular weight excluding hydrogens is 438 g/mol. The Morgan fingerprint density at radius 3 is 2.12 bits per heavy atom. The number of carbonyl (C=O) groups is 2. The lowest BCUT2D eigenvalue weighted by Gasteiger charge is -2.33. The minimum Gasteiger partial charge on any atom is -0.357 e. The molecule has 7 nitrogen and oxygen atoms in total. The summed E-state index contributed by atoms with van der Waals surface area (Å²) < 4.78 is 26.4. The Morgan fingerprint density at radius 1 is 1.03 bits per heavy atom. The number of nitrogens with one attached hydrogen (secondary N) is 1. The average Bonchev–Trinajstić information content (AvgIpc) is 2.77. The summed E-state index contributed by atoms with van der Waals surface area (Å²) in [5, 5.41) is 2.62. The maximum absolute atomic E-state index is 13.5. The molecule has 0 spiro atoms. The summed E-state index contributed by atoms with van der Waals surface area (Å²) >= 11 is 0. The first-order valence-electron chi connectivity index (χ1n) is 11.1. The molecule has 0 fully saturated rings. The molecule has 0 saturated carbocycles. The van der Waals surface area contributed by atoms with E-state index in [1.807, 2.05) is 50.2 Å². The molecule has 0 bridgehead atoms.